The molecule has 43 heavy (non-hydrogen) atoms. The molecular formula is C34H43N3O4SSi. The predicted molar refractivity (Wildman–Crippen MR) is 178 cm³/mol. The van der Waals surface area contributed by atoms with Crippen LogP contribution in [0.15, 0.2) is 64.2 Å². The quantitative estimate of drug-likeness (QED) is 0.198. The van der Waals surface area contributed by atoms with Crippen molar-refractivity contribution in [2.75, 3.05) is 6.61 Å². The van der Waals surface area contributed by atoms with E-state index in [1.165, 1.54) is 15.9 Å². The summed E-state index contributed by atoms with van der Waals surface area (Å²) in [6, 6.07) is 19.4. The number of nitrogens with zero attached hydrogens (tertiary/aromatic N) is 3. The van der Waals surface area contributed by atoms with Gasteiger partial charge >= 0.3 is 5.69 Å². The number of aliphatic hydroxyl groups is 1. The summed E-state index contributed by atoms with van der Waals surface area (Å²) >= 11 is 1.46. The van der Waals surface area contributed by atoms with Gasteiger partial charge in [-0.25, -0.2) is 4.79 Å². The molecule has 0 bridgehead atoms. The van der Waals surface area contributed by atoms with Crippen LogP contribution in [0.4, 0.5) is 0 Å². The third-order valence-electron chi connectivity index (χ3n) is 8.82. The second-order valence-electron chi connectivity index (χ2n) is 13.5. The smallest absolute Gasteiger partial charge is 0.332 e. The molecule has 7 nitrogen and oxygen atoms in total. The molecule has 0 aliphatic carbocycles. The molecule has 0 radical (unpaired) electrons. The molecular weight excluding hydrogens is 575 g/mol. The van der Waals surface area contributed by atoms with E-state index >= 15 is 0 Å². The number of hydrogen-bond donors (Lipinski definition) is 1. The number of fused-ring (bicyclic) bond motifs is 1. The summed E-state index contributed by atoms with van der Waals surface area (Å²) in [6.07, 6.45) is -0.224. The fourth-order valence-corrected chi connectivity index (χ4v) is 6.87. The molecule has 4 rings (SSSR count). The van der Waals surface area contributed by atoms with Gasteiger partial charge in [-0.15, -0.1) is 11.3 Å². The monoisotopic (exact) mass is 617 g/mol. The largest absolute Gasteiger partial charge is 0.416 e. The molecule has 0 aliphatic rings. The first-order valence-corrected chi connectivity index (χ1v) is 18.5. The van der Waals surface area contributed by atoms with E-state index < -0.39 is 25.5 Å². The van der Waals surface area contributed by atoms with Gasteiger partial charge in [0.1, 0.15) is 4.83 Å². The van der Waals surface area contributed by atoms with Crippen molar-refractivity contribution in [1.29, 1.82) is 5.26 Å². The molecule has 4 aromatic rings. The lowest BCUT2D eigenvalue weighted by molar-refractivity contribution is -0.000291. The van der Waals surface area contributed by atoms with E-state index in [1.807, 2.05) is 69.3 Å². The molecule has 2 heterocycles. The third kappa shape index (κ3) is 6.78. The summed E-state index contributed by atoms with van der Waals surface area (Å²) in [6.45, 7) is 17.2. The molecule has 9 heteroatoms. The van der Waals surface area contributed by atoms with Crippen LogP contribution in [0, 0.1) is 16.7 Å². The predicted octanol–water partition coefficient (Wildman–Crippen LogP) is 6.78. The van der Waals surface area contributed by atoms with Crippen LogP contribution in [0.2, 0.25) is 18.1 Å². The Bertz CT molecular complexity index is 1770. The molecule has 1 unspecified atom stereocenters. The van der Waals surface area contributed by atoms with Crippen LogP contribution in [0.1, 0.15) is 57.5 Å². The first-order chi connectivity index (χ1) is 20.1. The van der Waals surface area contributed by atoms with Crippen LogP contribution in [-0.2, 0) is 23.9 Å². The molecule has 0 saturated carbocycles. The molecule has 0 saturated heterocycles. The molecule has 0 amide bonds. The highest BCUT2D eigenvalue weighted by molar-refractivity contribution is 7.18. The average molecular weight is 618 g/mol. The Morgan fingerprint density at radius 2 is 1.67 bits per heavy atom. The molecule has 2 aromatic heterocycles. The van der Waals surface area contributed by atoms with Gasteiger partial charge in [-0.1, -0.05) is 84.0 Å². The summed E-state index contributed by atoms with van der Waals surface area (Å²) in [5.41, 5.74) is 1.75. The van der Waals surface area contributed by atoms with Gasteiger partial charge < -0.3 is 9.53 Å². The molecule has 1 atom stereocenters. The maximum atomic E-state index is 13.9. The summed E-state index contributed by atoms with van der Waals surface area (Å²) in [5, 5.41) is 21.4. The molecule has 1 N–H and O–H groups in total. The van der Waals surface area contributed by atoms with Crippen molar-refractivity contribution < 1.29 is 9.53 Å². The standard InChI is InChI=1S/C34H43N3O4SSi/c1-9-26-18-28-30(39)36(21-29(38)34(5,6)22-41-43(7,8)33(2,3)4)32(40)37(31(28)42-26)20-23-14-16-24(17-15-23)27-13-11-10-12-25(27)19-35/h10-18,29,38H,9,20-22H2,1-8H3. The maximum Gasteiger partial charge on any atom is 0.332 e. The lowest BCUT2D eigenvalue weighted by Gasteiger charge is -2.40. The lowest BCUT2D eigenvalue weighted by Crippen LogP contribution is -2.48. The molecule has 0 aliphatic heterocycles. The second kappa shape index (κ2) is 12.4. The molecule has 2 aromatic carbocycles. The SMILES string of the molecule is CCc1cc2c(=O)n(CC(O)C(C)(C)CO[Si](C)(C)C(C)(C)C)c(=O)n(Cc3ccc(-c4ccccc4C#N)cc3)c2s1. The number of hydrogen-bond acceptors (Lipinski definition) is 6. The van der Waals surface area contributed by atoms with Crippen molar-refractivity contribution in [2.24, 2.45) is 5.41 Å². The molecule has 228 valence electrons. The maximum absolute atomic E-state index is 13.9. The zero-order chi connectivity index (χ0) is 31.7. The second-order valence-corrected chi connectivity index (χ2v) is 19.4. The summed E-state index contributed by atoms with van der Waals surface area (Å²) in [7, 11) is -2.06. The molecule has 0 spiro atoms. The van der Waals surface area contributed by atoms with Crippen LogP contribution in [0.5, 0.6) is 0 Å². The Hall–Kier alpha value is -3.29. The van der Waals surface area contributed by atoms with E-state index in [-0.39, 0.29) is 23.7 Å². The van der Waals surface area contributed by atoms with Crippen molar-refractivity contribution in [3.63, 3.8) is 0 Å². The normalized spacial score (nSPS) is 13.3. The summed E-state index contributed by atoms with van der Waals surface area (Å²) < 4.78 is 9.25. The number of thiophene rings is 1. The number of aryl methyl sites for hydroxylation is 1. The van der Waals surface area contributed by atoms with Gasteiger partial charge in [0.25, 0.3) is 5.56 Å². The average Bonchev–Trinajstić information content (AvgIpc) is 3.41. The minimum atomic E-state index is -2.06. The zero-order valence-electron chi connectivity index (χ0n) is 26.5. The van der Waals surface area contributed by atoms with Gasteiger partial charge in [-0.3, -0.25) is 13.9 Å². The van der Waals surface area contributed by atoms with Crippen LogP contribution < -0.4 is 11.2 Å². The Morgan fingerprint density at radius 3 is 2.28 bits per heavy atom. The van der Waals surface area contributed by atoms with Gasteiger partial charge in [-0.2, -0.15) is 5.26 Å². The highest BCUT2D eigenvalue weighted by Crippen LogP contribution is 2.38. The first-order valence-electron chi connectivity index (χ1n) is 14.8. The van der Waals surface area contributed by atoms with E-state index in [0.29, 0.717) is 22.4 Å². The Labute approximate surface area is 259 Å². The Kier molecular flexibility index (Phi) is 9.38. The fraction of sp³-hybridized carbons (Fsp3) is 0.441. The van der Waals surface area contributed by atoms with Gasteiger partial charge in [0, 0.05) is 16.9 Å². The van der Waals surface area contributed by atoms with E-state index in [1.54, 1.807) is 10.6 Å². The van der Waals surface area contributed by atoms with Crippen LogP contribution in [-0.4, -0.2) is 35.3 Å². The van der Waals surface area contributed by atoms with E-state index in [4.69, 9.17) is 4.43 Å². The van der Waals surface area contributed by atoms with Gasteiger partial charge in [-0.05, 0) is 53.4 Å². The van der Waals surface area contributed by atoms with Crippen molar-refractivity contribution in [3.05, 3.63) is 91.4 Å². The Morgan fingerprint density at radius 1 is 1.02 bits per heavy atom. The number of aromatic nitrogens is 2. The summed E-state index contributed by atoms with van der Waals surface area (Å²) in [4.78, 5) is 29.3. The van der Waals surface area contributed by atoms with Gasteiger partial charge in [0.05, 0.1) is 36.2 Å². The van der Waals surface area contributed by atoms with Crippen molar-refractivity contribution in [1.82, 2.24) is 9.13 Å². The number of rotatable bonds is 10. The fourth-order valence-electron chi connectivity index (χ4n) is 4.63. The van der Waals surface area contributed by atoms with Crippen LogP contribution in [0.3, 0.4) is 0 Å². The Balaban J connectivity index is 1.69. The number of aliphatic hydroxyl groups excluding tert-OH is 1. The van der Waals surface area contributed by atoms with Crippen LogP contribution in [0.25, 0.3) is 21.3 Å². The van der Waals surface area contributed by atoms with Gasteiger partial charge in [0.2, 0.25) is 0 Å². The lowest BCUT2D eigenvalue weighted by atomic mass is 9.87. The van der Waals surface area contributed by atoms with Crippen molar-refractivity contribution >= 4 is 29.9 Å². The van der Waals surface area contributed by atoms with Gasteiger partial charge in [0.15, 0.2) is 8.32 Å². The topological polar surface area (TPSA) is 97.2 Å². The minimum Gasteiger partial charge on any atom is -0.416 e. The van der Waals surface area contributed by atoms with E-state index in [0.717, 1.165) is 28.0 Å². The van der Waals surface area contributed by atoms with E-state index in [9.17, 15) is 20.0 Å². The first kappa shape index (κ1) is 32.6. The van der Waals surface area contributed by atoms with Crippen molar-refractivity contribution in [3.8, 4) is 17.2 Å². The minimum absolute atomic E-state index is 0.0248. The molecule has 0 fully saturated rings. The number of benzene rings is 2. The third-order valence-corrected chi connectivity index (χ3v) is 14.6. The summed E-state index contributed by atoms with van der Waals surface area (Å²) in [5.74, 6) is 0. The zero-order valence-corrected chi connectivity index (χ0v) is 28.3. The number of nitriles is 1. The highest BCUT2D eigenvalue weighted by Gasteiger charge is 2.40. The van der Waals surface area contributed by atoms with E-state index in [2.05, 4.69) is 39.9 Å². The van der Waals surface area contributed by atoms with Crippen molar-refractivity contribution in [2.45, 2.75) is 85.3 Å². The van der Waals surface area contributed by atoms with Crippen LogP contribution >= 0.6 is 11.3 Å². The highest BCUT2D eigenvalue weighted by atomic mass is 32.1.